The quantitative estimate of drug-likeness (QED) is 0.700. The van der Waals surface area contributed by atoms with Crippen LogP contribution in [-0.4, -0.2) is 27.7 Å². The molecule has 0 aliphatic heterocycles. The standard InChI is InChI=1S/C18H28O2S/c19-15-9-2-6-12-17(20)18(13-7-3-8-14-18)21-16-10-4-1-5-11-16/h1,4-5,10-11,17,19-20H,2-3,6-9,12-15H2. The van der Waals surface area contributed by atoms with Gasteiger partial charge < -0.3 is 10.2 Å². The van der Waals surface area contributed by atoms with E-state index in [0.717, 1.165) is 38.5 Å². The maximum Gasteiger partial charge on any atom is 0.0690 e. The van der Waals surface area contributed by atoms with Crippen molar-refractivity contribution in [2.24, 2.45) is 0 Å². The van der Waals surface area contributed by atoms with E-state index in [0.29, 0.717) is 0 Å². The van der Waals surface area contributed by atoms with Gasteiger partial charge in [0.15, 0.2) is 0 Å². The van der Waals surface area contributed by atoms with E-state index in [1.165, 1.54) is 24.2 Å². The highest BCUT2D eigenvalue weighted by Gasteiger charge is 2.39. The van der Waals surface area contributed by atoms with E-state index in [1.54, 1.807) is 0 Å². The first kappa shape index (κ1) is 16.9. The lowest BCUT2D eigenvalue weighted by Gasteiger charge is -2.41. The molecular weight excluding hydrogens is 280 g/mol. The molecule has 1 atom stereocenters. The van der Waals surface area contributed by atoms with Crippen molar-refractivity contribution in [3.63, 3.8) is 0 Å². The molecule has 1 aliphatic carbocycles. The molecule has 1 aromatic rings. The Hall–Kier alpha value is -0.510. The van der Waals surface area contributed by atoms with Crippen molar-refractivity contribution >= 4 is 11.8 Å². The topological polar surface area (TPSA) is 40.5 Å². The van der Waals surface area contributed by atoms with Gasteiger partial charge in [0.1, 0.15) is 0 Å². The van der Waals surface area contributed by atoms with Crippen LogP contribution >= 0.6 is 11.8 Å². The van der Waals surface area contributed by atoms with Crippen molar-refractivity contribution in [3.05, 3.63) is 30.3 Å². The summed E-state index contributed by atoms with van der Waals surface area (Å²) < 4.78 is -0.00117. The number of hydrogen-bond acceptors (Lipinski definition) is 3. The summed E-state index contributed by atoms with van der Waals surface area (Å²) in [6.45, 7) is 0.264. The molecule has 3 heteroatoms. The van der Waals surface area contributed by atoms with E-state index in [2.05, 4.69) is 24.3 Å². The van der Waals surface area contributed by atoms with Crippen molar-refractivity contribution in [2.75, 3.05) is 6.61 Å². The molecule has 0 aromatic heterocycles. The van der Waals surface area contributed by atoms with Crippen LogP contribution in [0.25, 0.3) is 0 Å². The van der Waals surface area contributed by atoms with Gasteiger partial charge in [-0.1, -0.05) is 50.3 Å². The van der Waals surface area contributed by atoms with Gasteiger partial charge in [-0.05, 0) is 37.8 Å². The Balaban J connectivity index is 1.98. The van der Waals surface area contributed by atoms with E-state index >= 15 is 0 Å². The molecule has 0 spiro atoms. The Morgan fingerprint density at radius 2 is 1.71 bits per heavy atom. The molecule has 21 heavy (non-hydrogen) atoms. The van der Waals surface area contributed by atoms with Crippen molar-refractivity contribution in [1.29, 1.82) is 0 Å². The summed E-state index contributed by atoms with van der Waals surface area (Å²) in [6.07, 6.45) is 9.50. The van der Waals surface area contributed by atoms with Crippen LogP contribution < -0.4 is 0 Å². The molecule has 1 fully saturated rings. The average molecular weight is 308 g/mol. The predicted octanol–water partition coefficient (Wildman–Crippen LogP) is 4.40. The van der Waals surface area contributed by atoms with Crippen LogP contribution in [0.5, 0.6) is 0 Å². The molecular formula is C18H28O2S. The summed E-state index contributed by atoms with van der Waals surface area (Å²) in [4.78, 5) is 1.27. The van der Waals surface area contributed by atoms with Gasteiger partial charge in [0.05, 0.1) is 6.10 Å². The average Bonchev–Trinajstić information content (AvgIpc) is 2.53. The second kappa shape index (κ2) is 8.82. The predicted molar refractivity (Wildman–Crippen MR) is 89.7 cm³/mol. The van der Waals surface area contributed by atoms with E-state index in [9.17, 15) is 5.11 Å². The Morgan fingerprint density at radius 3 is 2.38 bits per heavy atom. The number of unbranched alkanes of at least 4 members (excludes halogenated alkanes) is 2. The summed E-state index contributed by atoms with van der Waals surface area (Å²) in [7, 11) is 0. The van der Waals surface area contributed by atoms with Gasteiger partial charge in [0.2, 0.25) is 0 Å². The molecule has 2 N–H and O–H groups in total. The number of aliphatic hydroxyl groups is 2. The summed E-state index contributed by atoms with van der Waals surface area (Å²) in [5.41, 5.74) is 0. The van der Waals surface area contributed by atoms with Gasteiger partial charge in [0.25, 0.3) is 0 Å². The third kappa shape index (κ3) is 5.01. The van der Waals surface area contributed by atoms with E-state index in [-0.39, 0.29) is 17.5 Å². The zero-order chi connectivity index (χ0) is 15.0. The van der Waals surface area contributed by atoms with Crippen molar-refractivity contribution in [1.82, 2.24) is 0 Å². The molecule has 1 saturated carbocycles. The van der Waals surface area contributed by atoms with E-state index < -0.39 is 0 Å². The molecule has 0 heterocycles. The van der Waals surface area contributed by atoms with E-state index in [1.807, 2.05) is 17.8 Å². The van der Waals surface area contributed by atoms with Gasteiger partial charge in [-0.25, -0.2) is 0 Å². The van der Waals surface area contributed by atoms with Gasteiger partial charge in [0, 0.05) is 16.2 Å². The summed E-state index contributed by atoms with van der Waals surface area (Å²) in [5, 5.41) is 19.7. The SMILES string of the molecule is OCCCCCC(O)C1(Sc2ccccc2)CCCCC1. The lowest BCUT2D eigenvalue weighted by molar-refractivity contribution is 0.0951. The maximum absolute atomic E-state index is 10.8. The second-order valence-electron chi connectivity index (χ2n) is 6.13. The first-order valence-electron chi connectivity index (χ1n) is 8.30. The molecule has 0 amide bonds. The normalized spacial score (nSPS) is 19.3. The third-order valence-electron chi connectivity index (χ3n) is 4.51. The van der Waals surface area contributed by atoms with Crippen molar-refractivity contribution < 1.29 is 10.2 Å². The molecule has 2 rings (SSSR count). The Bertz CT molecular complexity index is 387. The van der Waals surface area contributed by atoms with Gasteiger partial charge in [-0.3, -0.25) is 0 Å². The minimum atomic E-state index is -0.235. The van der Waals surface area contributed by atoms with Crippen molar-refractivity contribution in [3.8, 4) is 0 Å². The van der Waals surface area contributed by atoms with E-state index in [4.69, 9.17) is 5.11 Å². The highest BCUT2D eigenvalue weighted by molar-refractivity contribution is 8.00. The molecule has 1 aliphatic rings. The van der Waals surface area contributed by atoms with Crippen molar-refractivity contribution in [2.45, 2.75) is 73.5 Å². The van der Waals surface area contributed by atoms with Crippen LogP contribution in [0.3, 0.4) is 0 Å². The van der Waals surface area contributed by atoms with Crippen LogP contribution in [0.2, 0.25) is 0 Å². The summed E-state index contributed by atoms with van der Waals surface area (Å²) >= 11 is 1.88. The Labute approximate surface area is 133 Å². The van der Waals surface area contributed by atoms with Crippen LogP contribution in [0.15, 0.2) is 35.2 Å². The fraction of sp³-hybridized carbons (Fsp3) is 0.667. The third-order valence-corrected chi connectivity index (χ3v) is 6.10. The monoisotopic (exact) mass is 308 g/mol. The molecule has 0 radical (unpaired) electrons. The smallest absolute Gasteiger partial charge is 0.0690 e. The molecule has 1 unspecified atom stereocenters. The first-order valence-corrected chi connectivity index (χ1v) is 9.11. The Kier molecular flexibility index (Phi) is 7.08. The number of hydrogen-bond donors (Lipinski definition) is 2. The van der Waals surface area contributed by atoms with Crippen LogP contribution in [-0.2, 0) is 0 Å². The maximum atomic E-state index is 10.8. The lowest BCUT2D eigenvalue weighted by Crippen LogP contribution is -2.41. The largest absolute Gasteiger partial charge is 0.396 e. The fourth-order valence-corrected chi connectivity index (χ4v) is 4.78. The molecule has 2 nitrogen and oxygen atoms in total. The Morgan fingerprint density at radius 1 is 1.00 bits per heavy atom. The van der Waals surface area contributed by atoms with Gasteiger partial charge in [-0.2, -0.15) is 0 Å². The summed E-state index contributed by atoms with van der Waals surface area (Å²) in [5.74, 6) is 0. The zero-order valence-electron chi connectivity index (χ0n) is 12.8. The minimum Gasteiger partial charge on any atom is -0.396 e. The fourth-order valence-electron chi connectivity index (χ4n) is 3.27. The highest BCUT2D eigenvalue weighted by Crippen LogP contribution is 2.47. The minimum absolute atomic E-state index is 0.00117. The molecule has 0 bridgehead atoms. The van der Waals surface area contributed by atoms with Crippen LogP contribution in [0, 0.1) is 0 Å². The molecule has 0 saturated heterocycles. The molecule has 1 aromatic carbocycles. The van der Waals surface area contributed by atoms with Crippen LogP contribution in [0.1, 0.15) is 57.8 Å². The highest BCUT2D eigenvalue weighted by atomic mass is 32.2. The second-order valence-corrected chi connectivity index (χ2v) is 7.62. The first-order chi connectivity index (χ1) is 10.3. The number of benzene rings is 1. The molecule has 118 valence electrons. The van der Waals surface area contributed by atoms with Gasteiger partial charge >= 0.3 is 0 Å². The van der Waals surface area contributed by atoms with Gasteiger partial charge in [-0.15, -0.1) is 11.8 Å². The van der Waals surface area contributed by atoms with Crippen LogP contribution in [0.4, 0.5) is 0 Å². The number of thioether (sulfide) groups is 1. The summed E-state index contributed by atoms with van der Waals surface area (Å²) in [6, 6.07) is 10.5. The number of rotatable bonds is 8. The zero-order valence-corrected chi connectivity index (χ0v) is 13.7. The lowest BCUT2D eigenvalue weighted by atomic mass is 9.82. The number of aliphatic hydroxyl groups excluding tert-OH is 2.